The smallest absolute Gasteiger partial charge is 0.295 e. The third-order valence-electron chi connectivity index (χ3n) is 5.74. The van der Waals surface area contributed by atoms with Crippen molar-refractivity contribution in [2.75, 3.05) is 19.8 Å². The molecule has 7 heteroatoms. The molecule has 4 rings (SSSR count). The maximum atomic E-state index is 14.8. The molecule has 168 valence electrons. The van der Waals surface area contributed by atoms with E-state index in [9.17, 15) is 19.1 Å². The molecule has 1 amide bonds. The highest BCUT2D eigenvalue weighted by Gasteiger charge is 2.47. The number of ketones is 1. The van der Waals surface area contributed by atoms with Gasteiger partial charge in [-0.05, 0) is 37.5 Å². The van der Waals surface area contributed by atoms with Crippen LogP contribution in [-0.2, 0) is 14.3 Å². The number of carbonyl (C=O) groups is 2. The van der Waals surface area contributed by atoms with Crippen molar-refractivity contribution < 1.29 is 28.6 Å². The van der Waals surface area contributed by atoms with Crippen molar-refractivity contribution in [3.05, 3.63) is 71.0 Å². The lowest BCUT2D eigenvalue weighted by Gasteiger charge is -2.27. The number of halogens is 1. The summed E-state index contributed by atoms with van der Waals surface area (Å²) < 4.78 is 26.1. The van der Waals surface area contributed by atoms with E-state index in [4.69, 9.17) is 9.47 Å². The molecule has 2 saturated heterocycles. The summed E-state index contributed by atoms with van der Waals surface area (Å²) in [5, 5.41) is 11.1. The van der Waals surface area contributed by atoms with Crippen LogP contribution in [0.25, 0.3) is 5.76 Å². The SMILES string of the molecule is CCCOc1cccc(/C(O)=C2/C(=O)C(=O)N(CC3CCCO3)C2c2ccccc2F)c1. The number of benzene rings is 2. The van der Waals surface area contributed by atoms with Crippen LogP contribution in [0.15, 0.2) is 54.1 Å². The molecule has 32 heavy (non-hydrogen) atoms. The van der Waals surface area contributed by atoms with Crippen LogP contribution >= 0.6 is 0 Å². The largest absolute Gasteiger partial charge is 0.507 e. The van der Waals surface area contributed by atoms with Gasteiger partial charge in [0.1, 0.15) is 17.3 Å². The van der Waals surface area contributed by atoms with E-state index in [1.165, 1.54) is 17.0 Å². The van der Waals surface area contributed by atoms with Gasteiger partial charge in [-0.25, -0.2) is 4.39 Å². The first kappa shape index (κ1) is 22.0. The second-order valence-electron chi connectivity index (χ2n) is 7.98. The van der Waals surface area contributed by atoms with Crippen LogP contribution in [-0.4, -0.2) is 47.6 Å². The van der Waals surface area contributed by atoms with Gasteiger partial charge in [0, 0.05) is 24.3 Å². The molecule has 0 aromatic heterocycles. The van der Waals surface area contributed by atoms with Gasteiger partial charge in [-0.15, -0.1) is 0 Å². The number of carbonyl (C=O) groups excluding carboxylic acids is 2. The van der Waals surface area contributed by atoms with Crippen LogP contribution < -0.4 is 4.74 Å². The number of hydrogen-bond acceptors (Lipinski definition) is 5. The summed E-state index contributed by atoms with van der Waals surface area (Å²) in [7, 11) is 0. The summed E-state index contributed by atoms with van der Waals surface area (Å²) in [4.78, 5) is 27.3. The van der Waals surface area contributed by atoms with Crippen molar-refractivity contribution >= 4 is 17.4 Å². The predicted molar refractivity (Wildman–Crippen MR) is 117 cm³/mol. The Morgan fingerprint density at radius 3 is 2.75 bits per heavy atom. The Bertz CT molecular complexity index is 1040. The molecular formula is C25H26FNO5. The normalized spacial score (nSPS) is 22.5. The summed E-state index contributed by atoms with van der Waals surface area (Å²) in [5.41, 5.74) is 0.352. The number of aliphatic hydroxyl groups is 1. The minimum absolute atomic E-state index is 0.134. The summed E-state index contributed by atoms with van der Waals surface area (Å²) in [6, 6.07) is 11.6. The van der Waals surface area contributed by atoms with Crippen LogP contribution in [0.4, 0.5) is 4.39 Å². The molecule has 2 atom stereocenters. The Balaban J connectivity index is 1.80. The van der Waals surface area contributed by atoms with Crippen LogP contribution in [0.1, 0.15) is 43.4 Å². The van der Waals surface area contributed by atoms with E-state index in [0.717, 1.165) is 19.3 Å². The zero-order chi connectivity index (χ0) is 22.7. The van der Waals surface area contributed by atoms with Gasteiger partial charge in [0.2, 0.25) is 0 Å². The van der Waals surface area contributed by atoms with Gasteiger partial charge >= 0.3 is 0 Å². The van der Waals surface area contributed by atoms with Crippen molar-refractivity contribution in [3.8, 4) is 5.75 Å². The monoisotopic (exact) mass is 439 g/mol. The van der Waals surface area contributed by atoms with Crippen molar-refractivity contribution in [2.45, 2.75) is 38.3 Å². The van der Waals surface area contributed by atoms with Crippen LogP contribution in [0.5, 0.6) is 5.75 Å². The molecule has 2 unspecified atom stereocenters. The lowest BCUT2D eigenvalue weighted by molar-refractivity contribution is -0.140. The Hall–Kier alpha value is -3.19. The first-order valence-corrected chi connectivity index (χ1v) is 10.9. The third-order valence-corrected chi connectivity index (χ3v) is 5.74. The van der Waals surface area contributed by atoms with E-state index < -0.39 is 23.5 Å². The Labute approximate surface area is 186 Å². The molecule has 0 saturated carbocycles. The molecule has 2 fully saturated rings. The number of rotatable bonds is 7. The second-order valence-corrected chi connectivity index (χ2v) is 7.98. The number of hydrogen-bond donors (Lipinski definition) is 1. The summed E-state index contributed by atoms with van der Waals surface area (Å²) in [6.45, 7) is 3.22. The van der Waals surface area contributed by atoms with E-state index in [2.05, 4.69) is 0 Å². The van der Waals surface area contributed by atoms with Gasteiger partial charge in [-0.2, -0.15) is 0 Å². The minimum atomic E-state index is -1.04. The van der Waals surface area contributed by atoms with Crippen molar-refractivity contribution in [2.24, 2.45) is 0 Å². The Morgan fingerprint density at radius 1 is 1.22 bits per heavy atom. The van der Waals surface area contributed by atoms with Crippen molar-refractivity contribution in [3.63, 3.8) is 0 Å². The topological polar surface area (TPSA) is 76.1 Å². The Morgan fingerprint density at radius 2 is 2.03 bits per heavy atom. The quantitative estimate of drug-likeness (QED) is 0.397. The maximum Gasteiger partial charge on any atom is 0.295 e. The molecule has 6 nitrogen and oxygen atoms in total. The zero-order valence-electron chi connectivity index (χ0n) is 17.9. The highest BCUT2D eigenvalue weighted by molar-refractivity contribution is 6.46. The molecule has 0 spiro atoms. The molecule has 2 aromatic rings. The summed E-state index contributed by atoms with van der Waals surface area (Å²) in [5.74, 6) is -1.98. The van der Waals surface area contributed by atoms with Gasteiger partial charge in [-0.3, -0.25) is 9.59 Å². The van der Waals surface area contributed by atoms with Gasteiger partial charge in [0.25, 0.3) is 11.7 Å². The summed E-state index contributed by atoms with van der Waals surface area (Å²) >= 11 is 0. The number of ether oxygens (including phenoxy) is 2. The zero-order valence-corrected chi connectivity index (χ0v) is 17.9. The molecule has 0 radical (unpaired) electrons. The van der Waals surface area contributed by atoms with Crippen molar-refractivity contribution in [1.82, 2.24) is 4.90 Å². The molecular weight excluding hydrogens is 413 g/mol. The van der Waals surface area contributed by atoms with Crippen LogP contribution in [0.3, 0.4) is 0 Å². The molecule has 0 aliphatic carbocycles. The molecule has 2 aliphatic heterocycles. The number of Topliss-reactive ketones (excluding diaryl/α,β-unsaturated/α-hetero) is 1. The number of nitrogens with zero attached hydrogens (tertiary/aromatic N) is 1. The molecule has 2 heterocycles. The average Bonchev–Trinajstić information content (AvgIpc) is 3.40. The van der Waals surface area contributed by atoms with E-state index in [0.29, 0.717) is 24.5 Å². The maximum absolute atomic E-state index is 14.8. The van der Waals surface area contributed by atoms with Crippen LogP contribution in [0.2, 0.25) is 0 Å². The first-order valence-electron chi connectivity index (χ1n) is 10.9. The lowest BCUT2D eigenvalue weighted by Crippen LogP contribution is -2.36. The van der Waals surface area contributed by atoms with Gasteiger partial charge < -0.3 is 19.5 Å². The average molecular weight is 439 g/mol. The molecule has 0 bridgehead atoms. The lowest BCUT2D eigenvalue weighted by atomic mass is 9.94. The molecule has 2 aliphatic rings. The standard InChI is InChI=1S/C25H26FNO5/c1-2-12-31-17-8-5-7-16(14-17)23(28)21-22(19-10-3-4-11-20(19)26)27(25(30)24(21)29)15-18-9-6-13-32-18/h3-5,7-8,10-11,14,18,22,28H,2,6,9,12-13,15H2,1H3/b23-21-. The fraction of sp³-hybridized carbons (Fsp3) is 0.360. The van der Waals surface area contributed by atoms with Gasteiger partial charge in [-0.1, -0.05) is 37.3 Å². The summed E-state index contributed by atoms with van der Waals surface area (Å²) in [6.07, 6.45) is 2.21. The third kappa shape index (κ3) is 4.25. The highest BCUT2D eigenvalue weighted by Crippen LogP contribution is 2.41. The Kier molecular flexibility index (Phi) is 6.55. The predicted octanol–water partition coefficient (Wildman–Crippen LogP) is 4.22. The van der Waals surface area contributed by atoms with Crippen molar-refractivity contribution in [1.29, 1.82) is 0 Å². The molecule has 1 N–H and O–H groups in total. The van der Waals surface area contributed by atoms with E-state index in [1.807, 2.05) is 6.92 Å². The van der Waals surface area contributed by atoms with Crippen LogP contribution in [0, 0.1) is 5.82 Å². The van der Waals surface area contributed by atoms with E-state index >= 15 is 0 Å². The van der Waals surface area contributed by atoms with Gasteiger partial charge in [0.05, 0.1) is 24.3 Å². The second kappa shape index (κ2) is 9.53. The first-order chi connectivity index (χ1) is 15.5. The van der Waals surface area contributed by atoms with E-state index in [-0.39, 0.29) is 29.5 Å². The highest BCUT2D eigenvalue weighted by atomic mass is 19.1. The number of likely N-dealkylation sites (tertiary alicyclic amines) is 1. The fourth-order valence-electron chi connectivity index (χ4n) is 4.20. The number of amides is 1. The van der Waals surface area contributed by atoms with E-state index in [1.54, 1.807) is 36.4 Å². The molecule has 2 aromatic carbocycles. The fourth-order valence-corrected chi connectivity index (χ4v) is 4.20. The number of aliphatic hydroxyl groups excluding tert-OH is 1. The van der Waals surface area contributed by atoms with Gasteiger partial charge in [0.15, 0.2) is 0 Å². The minimum Gasteiger partial charge on any atom is -0.507 e.